The van der Waals surface area contributed by atoms with E-state index < -0.39 is 57.4 Å². The van der Waals surface area contributed by atoms with Crippen molar-refractivity contribution in [2.45, 2.75) is 41.5 Å². The maximum Gasteiger partial charge on any atom is 0.408 e. The highest BCUT2D eigenvalue weighted by Crippen LogP contribution is 2.42. The average molecular weight is 653 g/mol. The Morgan fingerprint density at radius 3 is 2.02 bits per heavy atom. The van der Waals surface area contributed by atoms with Gasteiger partial charge in [-0.25, -0.2) is 9.59 Å². The van der Waals surface area contributed by atoms with Crippen LogP contribution in [0.3, 0.4) is 0 Å². The molecular weight excluding hydrogens is 628 g/mol. The zero-order valence-electron chi connectivity index (χ0n) is 23.6. The zero-order chi connectivity index (χ0) is 32.8. The molecule has 1 N–H and O–H groups in total. The summed E-state index contributed by atoms with van der Waals surface area (Å²) in [6.45, 7) is -1.06. The molecule has 3 aromatic rings. The maximum absolute atomic E-state index is 13.6. The first kappa shape index (κ1) is 31.9. The molecular formula is C29H24N4O12S. The number of hydroxylamine groups is 2. The van der Waals surface area contributed by atoms with Gasteiger partial charge in [0.15, 0.2) is 0 Å². The van der Waals surface area contributed by atoms with Crippen LogP contribution >= 0.6 is 11.8 Å². The van der Waals surface area contributed by atoms with E-state index in [4.69, 9.17) is 19.0 Å². The molecule has 2 aliphatic heterocycles. The lowest BCUT2D eigenvalue weighted by Gasteiger charge is -2.32. The second-order valence-electron chi connectivity index (χ2n) is 9.95. The van der Waals surface area contributed by atoms with Gasteiger partial charge in [-0.1, -0.05) is 18.2 Å². The number of alkyl carbamates (subject to hydrolysis) is 1. The Morgan fingerprint density at radius 1 is 0.891 bits per heavy atom. The molecule has 0 bridgehead atoms. The van der Waals surface area contributed by atoms with E-state index in [-0.39, 0.29) is 31.0 Å². The van der Waals surface area contributed by atoms with Crippen molar-refractivity contribution in [1.82, 2.24) is 10.4 Å². The number of hydrogen-bond acceptors (Lipinski definition) is 13. The van der Waals surface area contributed by atoms with Gasteiger partial charge < -0.3 is 19.5 Å². The first-order valence-corrected chi connectivity index (χ1v) is 14.4. The molecule has 2 aliphatic rings. The van der Waals surface area contributed by atoms with Crippen LogP contribution in [-0.4, -0.2) is 62.5 Å². The number of carbonyl (C=O) groups is 4. The molecule has 0 radical (unpaired) electrons. The number of nitro benzene ring substituents is 2. The second kappa shape index (κ2) is 13.6. The molecule has 3 aromatic carbocycles. The predicted octanol–water partition coefficient (Wildman–Crippen LogP) is 3.42. The molecule has 0 spiro atoms. The van der Waals surface area contributed by atoms with E-state index >= 15 is 0 Å². The van der Waals surface area contributed by atoms with E-state index in [9.17, 15) is 39.4 Å². The summed E-state index contributed by atoms with van der Waals surface area (Å²) >= 11 is 1.11. The van der Waals surface area contributed by atoms with Crippen LogP contribution in [0.2, 0.25) is 0 Å². The molecule has 0 aromatic heterocycles. The van der Waals surface area contributed by atoms with Gasteiger partial charge in [0.05, 0.1) is 9.85 Å². The van der Waals surface area contributed by atoms with Crippen molar-refractivity contribution in [3.63, 3.8) is 0 Å². The van der Waals surface area contributed by atoms with Crippen LogP contribution in [0.5, 0.6) is 0 Å². The van der Waals surface area contributed by atoms with Gasteiger partial charge >= 0.3 is 23.8 Å². The van der Waals surface area contributed by atoms with E-state index in [0.29, 0.717) is 21.1 Å². The number of nitrogens with zero attached hydrogens (tertiary/aromatic N) is 3. The van der Waals surface area contributed by atoms with Crippen LogP contribution in [0.1, 0.15) is 17.5 Å². The molecule has 3 unspecified atom stereocenters. The van der Waals surface area contributed by atoms with Gasteiger partial charge in [-0.15, -0.1) is 11.8 Å². The molecule has 2 amide bonds. The maximum atomic E-state index is 13.6. The van der Waals surface area contributed by atoms with Crippen molar-refractivity contribution < 1.29 is 48.1 Å². The first-order valence-electron chi connectivity index (χ1n) is 13.5. The molecule has 0 saturated carbocycles. The summed E-state index contributed by atoms with van der Waals surface area (Å²) in [5, 5.41) is 23.8. The highest BCUT2D eigenvalue weighted by atomic mass is 32.2. The molecule has 17 heteroatoms. The number of nitro groups is 2. The third-order valence-electron chi connectivity index (χ3n) is 6.86. The number of hydrogen-bond donors (Lipinski definition) is 1. The van der Waals surface area contributed by atoms with Crippen LogP contribution in [-0.2, 0) is 46.6 Å². The minimum atomic E-state index is -2.35. The fourth-order valence-electron chi connectivity index (χ4n) is 4.53. The summed E-state index contributed by atoms with van der Waals surface area (Å²) in [6, 6.07) is 18.0. The van der Waals surface area contributed by atoms with Crippen molar-refractivity contribution in [2.75, 3.05) is 6.61 Å². The minimum Gasteiger partial charge on any atom is -0.456 e. The molecule has 2 fully saturated rings. The number of non-ortho nitro benzene ring substituents is 2. The number of rotatable bonds is 11. The van der Waals surface area contributed by atoms with Crippen molar-refractivity contribution in [2.24, 2.45) is 0 Å². The van der Waals surface area contributed by atoms with Crippen LogP contribution in [0.25, 0.3) is 0 Å². The van der Waals surface area contributed by atoms with Crippen molar-refractivity contribution >= 4 is 47.1 Å². The number of amides is 2. The van der Waals surface area contributed by atoms with E-state index in [1.165, 1.54) is 48.5 Å². The second-order valence-corrected chi connectivity index (χ2v) is 11.2. The monoisotopic (exact) mass is 652 g/mol. The molecule has 0 aliphatic carbocycles. The van der Waals surface area contributed by atoms with Crippen LogP contribution in [0.15, 0.2) is 83.8 Å². The van der Waals surface area contributed by atoms with E-state index in [1.54, 1.807) is 30.3 Å². The number of thioether (sulfide) groups is 1. The minimum absolute atomic E-state index is 0.140. The summed E-state index contributed by atoms with van der Waals surface area (Å²) < 4.78 is 16.1. The molecule has 2 saturated heterocycles. The SMILES string of the molecule is O=C(NC1CON(C2(C(=O)OCc3ccc([N+](=O)[O-])cc3)CC(Sc3ccccc3)C(=O)O2)C1=O)OCc1ccc([N+](=O)[O-])cc1. The number of carbonyl (C=O) groups excluding carboxylic acids is 4. The summed E-state index contributed by atoms with van der Waals surface area (Å²) in [7, 11) is 0. The van der Waals surface area contributed by atoms with E-state index in [1.807, 2.05) is 0 Å². The average Bonchev–Trinajstić information content (AvgIpc) is 3.58. The summed E-state index contributed by atoms with van der Waals surface area (Å²) in [5.74, 6) is -2.86. The lowest BCUT2D eigenvalue weighted by Crippen LogP contribution is -2.57. The number of ether oxygens (including phenoxy) is 3. The topological polar surface area (TPSA) is 207 Å². The van der Waals surface area contributed by atoms with Crippen LogP contribution in [0, 0.1) is 20.2 Å². The van der Waals surface area contributed by atoms with Gasteiger partial charge in [-0.3, -0.25) is 34.7 Å². The van der Waals surface area contributed by atoms with Gasteiger partial charge in [-0.2, -0.15) is 5.06 Å². The Morgan fingerprint density at radius 2 is 1.46 bits per heavy atom. The Balaban J connectivity index is 1.28. The third-order valence-corrected chi connectivity index (χ3v) is 8.05. The van der Waals surface area contributed by atoms with Crippen LogP contribution in [0.4, 0.5) is 16.2 Å². The van der Waals surface area contributed by atoms with E-state index in [0.717, 1.165) is 11.8 Å². The molecule has 2 heterocycles. The van der Waals surface area contributed by atoms with Crippen molar-refractivity contribution in [1.29, 1.82) is 0 Å². The zero-order valence-corrected chi connectivity index (χ0v) is 24.5. The third kappa shape index (κ3) is 7.05. The standard InChI is InChI=1S/C29H24N4O12S/c34-25-23(30-28(37)43-16-19-8-12-21(13-9-19)33(40)41)17-44-31(25)29(14-24(26(35)45-29)46-22-4-2-1-3-5-22)27(36)42-15-18-6-10-20(11-7-18)32(38)39/h1-13,23-24H,14-17H2,(H,30,37). The molecule has 16 nitrogen and oxygen atoms in total. The summed E-state index contributed by atoms with van der Waals surface area (Å²) in [4.78, 5) is 79.4. The number of esters is 2. The van der Waals surface area contributed by atoms with Gasteiger partial charge in [0, 0.05) is 35.6 Å². The largest absolute Gasteiger partial charge is 0.456 e. The fraction of sp³-hybridized carbons (Fsp3) is 0.241. The fourth-order valence-corrected chi connectivity index (χ4v) is 5.62. The van der Waals surface area contributed by atoms with Gasteiger partial charge in [-0.05, 0) is 47.5 Å². The Kier molecular flexibility index (Phi) is 9.43. The smallest absolute Gasteiger partial charge is 0.408 e. The lowest BCUT2D eigenvalue weighted by atomic mass is 10.1. The Labute approximate surface area is 263 Å². The number of cyclic esters (lactones) is 1. The summed E-state index contributed by atoms with van der Waals surface area (Å²) in [5.41, 5.74) is -1.82. The Bertz CT molecular complexity index is 1650. The molecule has 46 heavy (non-hydrogen) atoms. The number of nitrogens with one attached hydrogen (secondary N) is 1. The number of benzene rings is 3. The first-order chi connectivity index (χ1) is 22.1. The van der Waals surface area contributed by atoms with Gasteiger partial charge in [0.2, 0.25) is 0 Å². The molecule has 5 rings (SSSR count). The normalized spacial score (nSPS) is 20.6. The lowest BCUT2D eigenvalue weighted by molar-refractivity contribution is -0.385. The highest BCUT2D eigenvalue weighted by Gasteiger charge is 2.63. The quantitative estimate of drug-likeness (QED) is 0.137. The Hall–Kier alpha value is -5.55. The van der Waals surface area contributed by atoms with Crippen LogP contribution < -0.4 is 5.32 Å². The highest BCUT2D eigenvalue weighted by molar-refractivity contribution is 8.00. The molecule has 238 valence electrons. The summed E-state index contributed by atoms with van der Waals surface area (Å²) in [6.07, 6.45) is -1.37. The molecule has 3 atom stereocenters. The van der Waals surface area contributed by atoms with Crippen molar-refractivity contribution in [3.05, 3.63) is 110 Å². The van der Waals surface area contributed by atoms with Gasteiger partial charge in [0.25, 0.3) is 17.3 Å². The van der Waals surface area contributed by atoms with E-state index in [2.05, 4.69) is 5.32 Å². The van der Waals surface area contributed by atoms with Gasteiger partial charge in [0.1, 0.15) is 31.1 Å². The van der Waals surface area contributed by atoms with Crippen molar-refractivity contribution in [3.8, 4) is 0 Å². The predicted molar refractivity (Wildman–Crippen MR) is 155 cm³/mol.